The van der Waals surface area contributed by atoms with Crippen LogP contribution in [0.3, 0.4) is 0 Å². The van der Waals surface area contributed by atoms with E-state index in [4.69, 9.17) is 23.2 Å². The largest absolute Gasteiger partial charge is 0.388 e. The summed E-state index contributed by atoms with van der Waals surface area (Å²) in [7, 11) is 0. The van der Waals surface area contributed by atoms with E-state index in [0.717, 1.165) is 5.56 Å². The van der Waals surface area contributed by atoms with Crippen LogP contribution in [0.1, 0.15) is 11.7 Å². The van der Waals surface area contributed by atoms with Gasteiger partial charge in [-0.05, 0) is 17.7 Å². The molecular weight excluding hydrogens is 263 g/mol. The minimum atomic E-state index is -0.528. The predicted octanol–water partition coefficient (Wildman–Crippen LogP) is 3.42. The van der Waals surface area contributed by atoms with Gasteiger partial charge in [0.15, 0.2) is 0 Å². The van der Waals surface area contributed by atoms with Crippen LogP contribution in [0.25, 0.3) is 0 Å². The van der Waals surface area contributed by atoms with Gasteiger partial charge in [0, 0.05) is 5.33 Å². The summed E-state index contributed by atoms with van der Waals surface area (Å²) in [5, 5.41) is 10.9. The summed E-state index contributed by atoms with van der Waals surface area (Å²) in [5.41, 5.74) is 0.765. The molecule has 12 heavy (non-hydrogen) atoms. The molecule has 4 heteroatoms. The van der Waals surface area contributed by atoms with Crippen molar-refractivity contribution >= 4 is 39.1 Å². The maximum Gasteiger partial charge on any atom is 0.0887 e. The molecule has 0 spiro atoms. The average Bonchev–Trinajstić information content (AvgIpc) is 2.08. The van der Waals surface area contributed by atoms with Crippen LogP contribution in [0.5, 0.6) is 0 Å². The molecule has 1 atom stereocenters. The summed E-state index contributed by atoms with van der Waals surface area (Å²) < 4.78 is 0. The van der Waals surface area contributed by atoms with Crippen molar-refractivity contribution in [1.82, 2.24) is 0 Å². The van der Waals surface area contributed by atoms with Crippen molar-refractivity contribution in [1.29, 1.82) is 0 Å². The van der Waals surface area contributed by atoms with Crippen LogP contribution in [-0.4, -0.2) is 10.4 Å². The highest BCUT2D eigenvalue weighted by Gasteiger charge is 2.06. The normalized spacial score (nSPS) is 13.0. The molecule has 1 N–H and O–H groups in total. The minimum absolute atomic E-state index is 0.467. The molecule has 1 rings (SSSR count). The first-order chi connectivity index (χ1) is 5.65. The topological polar surface area (TPSA) is 20.2 Å². The molecule has 1 nitrogen and oxygen atoms in total. The second-order valence-electron chi connectivity index (χ2n) is 2.34. The molecule has 0 aliphatic heterocycles. The fourth-order valence-electron chi connectivity index (χ4n) is 0.809. The van der Waals surface area contributed by atoms with E-state index in [1.54, 1.807) is 18.2 Å². The minimum Gasteiger partial charge on any atom is -0.388 e. The van der Waals surface area contributed by atoms with Gasteiger partial charge in [0.2, 0.25) is 0 Å². The van der Waals surface area contributed by atoms with Crippen molar-refractivity contribution in [3.63, 3.8) is 0 Å². The lowest BCUT2D eigenvalue weighted by Crippen LogP contribution is -1.97. The van der Waals surface area contributed by atoms with Crippen molar-refractivity contribution in [2.24, 2.45) is 0 Å². The Bertz CT molecular complexity index is 278. The van der Waals surface area contributed by atoms with Gasteiger partial charge in [-0.25, -0.2) is 0 Å². The van der Waals surface area contributed by atoms with Gasteiger partial charge in [-0.15, -0.1) is 0 Å². The molecular formula is C8H7BrCl2O. The molecule has 1 aromatic rings. The highest BCUT2D eigenvalue weighted by atomic mass is 79.9. The second-order valence-corrected chi connectivity index (χ2v) is 3.81. The smallest absolute Gasteiger partial charge is 0.0887 e. The van der Waals surface area contributed by atoms with E-state index in [0.29, 0.717) is 15.4 Å². The summed E-state index contributed by atoms with van der Waals surface area (Å²) >= 11 is 14.6. The van der Waals surface area contributed by atoms with Crippen LogP contribution in [0.2, 0.25) is 10.0 Å². The number of aliphatic hydroxyl groups excluding tert-OH is 1. The zero-order valence-corrected chi connectivity index (χ0v) is 9.20. The maximum absolute atomic E-state index is 9.40. The summed E-state index contributed by atoms with van der Waals surface area (Å²) in [6, 6.07) is 5.08. The fraction of sp³-hybridized carbons (Fsp3) is 0.250. The van der Waals surface area contributed by atoms with Crippen LogP contribution in [0.15, 0.2) is 18.2 Å². The molecule has 66 valence electrons. The number of hydrogen-bond donors (Lipinski definition) is 1. The first-order valence-electron chi connectivity index (χ1n) is 3.34. The molecule has 0 fully saturated rings. The first-order valence-corrected chi connectivity index (χ1v) is 5.22. The predicted molar refractivity (Wildman–Crippen MR) is 55.2 cm³/mol. The van der Waals surface area contributed by atoms with Crippen LogP contribution >= 0.6 is 39.1 Å². The zero-order valence-electron chi connectivity index (χ0n) is 6.10. The van der Waals surface area contributed by atoms with Crippen LogP contribution in [-0.2, 0) is 0 Å². The van der Waals surface area contributed by atoms with E-state index in [1.807, 2.05) is 0 Å². The molecule has 0 saturated heterocycles. The molecule has 0 bridgehead atoms. The van der Waals surface area contributed by atoms with Gasteiger partial charge in [0.1, 0.15) is 0 Å². The van der Waals surface area contributed by atoms with Crippen molar-refractivity contribution < 1.29 is 5.11 Å². The Labute approximate surface area is 89.4 Å². The van der Waals surface area contributed by atoms with Gasteiger partial charge in [0.05, 0.1) is 16.1 Å². The van der Waals surface area contributed by atoms with Crippen LogP contribution < -0.4 is 0 Å². The number of halogens is 3. The molecule has 0 aromatic heterocycles. The molecule has 0 heterocycles. The van der Waals surface area contributed by atoms with Crippen molar-refractivity contribution in [2.45, 2.75) is 6.10 Å². The van der Waals surface area contributed by atoms with Crippen molar-refractivity contribution in [3.05, 3.63) is 33.8 Å². The van der Waals surface area contributed by atoms with Gasteiger partial charge < -0.3 is 5.11 Å². The highest BCUT2D eigenvalue weighted by Crippen LogP contribution is 2.26. The molecule has 0 amide bonds. The summed E-state index contributed by atoms with van der Waals surface area (Å²) in [5.74, 6) is 0. The van der Waals surface area contributed by atoms with Gasteiger partial charge in [0.25, 0.3) is 0 Å². The third kappa shape index (κ3) is 2.36. The quantitative estimate of drug-likeness (QED) is 0.816. The standard InChI is InChI=1S/C8H7BrCl2O/c9-4-8(12)5-1-2-6(10)7(11)3-5/h1-3,8,12H,4H2. The monoisotopic (exact) mass is 268 g/mol. The number of rotatable bonds is 2. The van der Waals surface area contributed by atoms with Crippen LogP contribution in [0, 0.1) is 0 Å². The lowest BCUT2D eigenvalue weighted by molar-refractivity contribution is 0.205. The number of benzene rings is 1. The molecule has 0 aliphatic carbocycles. The van der Waals surface area contributed by atoms with Crippen molar-refractivity contribution in [2.75, 3.05) is 5.33 Å². The molecule has 1 unspecified atom stereocenters. The SMILES string of the molecule is OC(CBr)c1ccc(Cl)c(Cl)c1. The highest BCUT2D eigenvalue weighted by molar-refractivity contribution is 9.09. The number of aliphatic hydroxyl groups is 1. The summed E-state index contributed by atoms with van der Waals surface area (Å²) in [4.78, 5) is 0. The van der Waals surface area contributed by atoms with E-state index < -0.39 is 6.10 Å². The van der Waals surface area contributed by atoms with E-state index in [9.17, 15) is 5.11 Å². The molecule has 0 saturated carbocycles. The van der Waals surface area contributed by atoms with Gasteiger partial charge in [-0.2, -0.15) is 0 Å². The molecule has 0 radical (unpaired) electrons. The van der Waals surface area contributed by atoms with E-state index in [2.05, 4.69) is 15.9 Å². The Morgan fingerprint density at radius 3 is 2.50 bits per heavy atom. The fourth-order valence-corrected chi connectivity index (χ4v) is 1.49. The Morgan fingerprint density at radius 1 is 1.33 bits per heavy atom. The Balaban J connectivity index is 2.96. The third-order valence-corrected chi connectivity index (χ3v) is 2.83. The summed E-state index contributed by atoms with van der Waals surface area (Å²) in [6.45, 7) is 0. The first kappa shape index (κ1) is 10.3. The number of alkyl halides is 1. The van der Waals surface area contributed by atoms with E-state index in [-0.39, 0.29) is 0 Å². The second kappa shape index (κ2) is 4.47. The zero-order chi connectivity index (χ0) is 9.14. The molecule has 1 aromatic carbocycles. The summed E-state index contributed by atoms with van der Waals surface area (Å²) in [6.07, 6.45) is -0.528. The van der Waals surface area contributed by atoms with E-state index in [1.165, 1.54) is 0 Å². The van der Waals surface area contributed by atoms with E-state index >= 15 is 0 Å². The van der Waals surface area contributed by atoms with Gasteiger partial charge in [-0.3, -0.25) is 0 Å². The maximum atomic E-state index is 9.40. The lowest BCUT2D eigenvalue weighted by atomic mass is 10.1. The van der Waals surface area contributed by atoms with Gasteiger partial charge in [-0.1, -0.05) is 45.2 Å². The van der Waals surface area contributed by atoms with Crippen molar-refractivity contribution in [3.8, 4) is 0 Å². The Morgan fingerprint density at radius 2 is 2.00 bits per heavy atom. The molecule has 0 aliphatic rings. The Hall–Kier alpha value is 0.240. The third-order valence-electron chi connectivity index (χ3n) is 1.47. The average molecular weight is 270 g/mol. The van der Waals surface area contributed by atoms with Crippen LogP contribution in [0.4, 0.5) is 0 Å². The Kier molecular flexibility index (Phi) is 3.84. The van der Waals surface area contributed by atoms with Gasteiger partial charge >= 0.3 is 0 Å². The lowest BCUT2D eigenvalue weighted by Gasteiger charge is -2.07. The number of hydrogen-bond acceptors (Lipinski definition) is 1.